The number of pyridine rings is 2. The van der Waals surface area contributed by atoms with Gasteiger partial charge in [0.1, 0.15) is 12.3 Å². The van der Waals surface area contributed by atoms with Crippen LogP contribution in [0.5, 0.6) is 5.75 Å². The molecule has 0 unspecified atom stereocenters. The Morgan fingerprint density at radius 3 is 2.57 bits per heavy atom. The molecule has 3 aromatic heterocycles. The molecule has 0 spiro atoms. The molecular weight excluding hydrogens is 452 g/mol. The van der Waals surface area contributed by atoms with Crippen molar-refractivity contribution in [3.63, 3.8) is 0 Å². The third-order valence-corrected chi connectivity index (χ3v) is 6.59. The van der Waals surface area contributed by atoms with Crippen LogP contribution in [-0.2, 0) is 0 Å². The van der Waals surface area contributed by atoms with E-state index in [-0.39, 0.29) is 29.1 Å². The largest absolute Gasteiger partial charge is 0.485 e. The molecule has 0 radical (unpaired) electrons. The molecule has 2 aliphatic heterocycles. The van der Waals surface area contributed by atoms with Crippen LogP contribution in [0.15, 0.2) is 30.6 Å². The quantitative estimate of drug-likeness (QED) is 0.538. The van der Waals surface area contributed by atoms with Gasteiger partial charge in [-0.25, -0.2) is 19.3 Å². The molecule has 0 aromatic carbocycles. The number of ether oxygens (including phenoxy) is 1. The molecule has 35 heavy (non-hydrogen) atoms. The van der Waals surface area contributed by atoms with Gasteiger partial charge in [-0.05, 0) is 65.0 Å². The fraction of sp³-hybridized carbons (Fsp3) is 0.440. The van der Waals surface area contributed by atoms with E-state index in [2.05, 4.69) is 37.2 Å². The van der Waals surface area contributed by atoms with Crippen molar-refractivity contribution in [2.75, 3.05) is 43.5 Å². The number of piperidine rings is 1. The van der Waals surface area contributed by atoms with Crippen molar-refractivity contribution in [1.29, 1.82) is 0 Å². The van der Waals surface area contributed by atoms with E-state index in [9.17, 15) is 8.78 Å². The van der Waals surface area contributed by atoms with Gasteiger partial charge in [0.15, 0.2) is 11.6 Å². The van der Waals surface area contributed by atoms with Gasteiger partial charge < -0.3 is 19.9 Å². The lowest BCUT2D eigenvalue weighted by molar-refractivity contribution is 0.253. The summed E-state index contributed by atoms with van der Waals surface area (Å²) in [6.07, 6.45) is 4.96. The van der Waals surface area contributed by atoms with Crippen molar-refractivity contribution < 1.29 is 13.5 Å². The second-order valence-corrected chi connectivity index (χ2v) is 9.35. The van der Waals surface area contributed by atoms with E-state index in [4.69, 9.17) is 4.74 Å². The summed E-state index contributed by atoms with van der Waals surface area (Å²) >= 11 is 0. The molecule has 1 N–H and O–H groups in total. The summed E-state index contributed by atoms with van der Waals surface area (Å²) in [4.78, 5) is 21.2. The van der Waals surface area contributed by atoms with E-state index in [1.165, 1.54) is 0 Å². The number of hydrogen-bond acceptors (Lipinski definition) is 8. The average Bonchev–Trinajstić information content (AvgIpc) is 2.86. The van der Waals surface area contributed by atoms with Gasteiger partial charge in [0.25, 0.3) is 5.95 Å². The first-order chi connectivity index (χ1) is 16.9. The SMILES string of the molecule is CC(C)N1CCOc2c1cc(-c1nc(Nc3ccc(C4CCN(C)CC4)nc3)ncc1F)nc2F. The Hall–Kier alpha value is -3.40. The maximum Gasteiger partial charge on any atom is 0.258 e. The smallest absolute Gasteiger partial charge is 0.258 e. The highest BCUT2D eigenvalue weighted by atomic mass is 19.1. The van der Waals surface area contributed by atoms with Gasteiger partial charge in [-0.2, -0.15) is 4.39 Å². The molecule has 1 saturated heterocycles. The zero-order valence-corrected chi connectivity index (χ0v) is 20.1. The number of nitrogens with zero attached hydrogens (tertiary/aromatic N) is 6. The maximum absolute atomic E-state index is 14.8. The van der Waals surface area contributed by atoms with Crippen LogP contribution in [0.4, 0.5) is 26.1 Å². The van der Waals surface area contributed by atoms with E-state index in [1.807, 2.05) is 30.9 Å². The fourth-order valence-corrected chi connectivity index (χ4v) is 4.62. The topological polar surface area (TPSA) is 79.3 Å². The number of nitrogens with one attached hydrogen (secondary N) is 1. The highest BCUT2D eigenvalue weighted by Gasteiger charge is 2.27. The van der Waals surface area contributed by atoms with Gasteiger partial charge in [0.2, 0.25) is 5.95 Å². The molecule has 1 fully saturated rings. The lowest BCUT2D eigenvalue weighted by Crippen LogP contribution is -2.38. The number of aromatic nitrogens is 4. The molecule has 0 amide bonds. The molecule has 0 atom stereocenters. The number of fused-ring (bicyclic) bond motifs is 1. The molecule has 8 nitrogen and oxygen atoms in total. The van der Waals surface area contributed by atoms with E-state index >= 15 is 0 Å². The van der Waals surface area contributed by atoms with Crippen LogP contribution < -0.4 is 15.0 Å². The van der Waals surface area contributed by atoms with Gasteiger partial charge in [-0.1, -0.05) is 0 Å². The van der Waals surface area contributed by atoms with Crippen LogP contribution in [0.2, 0.25) is 0 Å². The van der Waals surface area contributed by atoms with Gasteiger partial charge in [0.05, 0.1) is 36.0 Å². The first kappa shape index (κ1) is 23.3. The Labute approximate surface area is 203 Å². The minimum absolute atomic E-state index is 0.0797. The molecule has 184 valence electrons. The van der Waals surface area contributed by atoms with Crippen molar-refractivity contribution in [2.45, 2.75) is 38.6 Å². The Balaban J connectivity index is 1.39. The van der Waals surface area contributed by atoms with Gasteiger partial charge >= 0.3 is 0 Å². The summed E-state index contributed by atoms with van der Waals surface area (Å²) in [5.41, 5.74) is 2.28. The summed E-state index contributed by atoms with van der Waals surface area (Å²) in [6.45, 7) is 7.11. The van der Waals surface area contributed by atoms with Crippen molar-refractivity contribution in [2.24, 2.45) is 0 Å². The van der Waals surface area contributed by atoms with Crippen LogP contribution in [-0.4, -0.2) is 64.2 Å². The van der Waals surface area contributed by atoms with Gasteiger partial charge in [-0.15, -0.1) is 0 Å². The molecule has 0 bridgehead atoms. The Kier molecular flexibility index (Phi) is 6.46. The van der Waals surface area contributed by atoms with E-state index in [0.717, 1.165) is 37.8 Å². The van der Waals surface area contributed by atoms with Crippen LogP contribution in [0.25, 0.3) is 11.4 Å². The summed E-state index contributed by atoms with van der Waals surface area (Å²) in [6, 6.07) is 5.65. The maximum atomic E-state index is 14.8. The average molecular weight is 482 g/mol. The molecule has 3 aromatic rings. The predicted molar refractivity (Wildman–Crippen MR) is 130 cm³/mol. The monoisotopic (exact) mass is 481 g/mol. The minimum atomic E-state index is -0.788. The first-order valence-electron chi connectivity index (χ1n) is 11.9. The molecular formula is C25H29F2N7O. The second kappa shape index (κ2) is 9.69. The van der Waals surface area contributed by atoms with Crippen molar-refractivity contribution in [3.8, 4) is 17.1 Å². The number of anilines is 3. The van der Waals surface area contributed by atoms with Crippen LogP contribution >= 0.6 is 0 Å². The molecule has 0 saturated carbocycles. The Morgan fingerprint density at radius 1 is 1.06 bits per heavy atom. The number of hydrogen-bond donors (Lipinski definition) is 1. The highest BCUT2D eigenvalue weighted by Crippen LogP contribution is 2.37. The summed E-state index contributed by atoms with van der Waals surface area (Å²) < 4.78 is 35.0. The second-order valence-electron chi connectivity index (χ2n) is 9.35. The normalized spacial score (nSPS) is 16.8. The Bertz CT molecular complexity index is 1200. The fourth-order valence-electron chi connectivity index (χ4n) is 4.62. The van der Waals surface area contributed by atoms with E-state index in [0.29, 0.717) is 30.4 Å². The van der Waals surface area contributed by atoms with E-state index in [1.54, 1.807) is 12.3 Å². The zero-order valence-electron chi connectivity index (χ0n) is 20.1. The molecule has 2 aliphatic rings. The van der Waals surface area contributed by atoms with Crippen molar-refractivity contribution in [3.05, 3.63) is 48.1 Å². The van der Waals surface area contributed by atoms with Crippen LogP contribution in [0, 0.1) is 11.8 Å². The molecule has 0 aliphatic carbocycles. The Morgan fingerprint density at radius 2 is 1.86 bits per heavy atom. The molecule has 5 heterocycles. The summed E-state index contributed by atoms with van der Waals surface area (Å²) in [5.74, 6) is -0.771. The molecule has 10 heteroatoms. The lowest BCUT2D eigenvalue weighted by Gasteiger charge is -2.34. The van der Waals surface area contributed by atoms with Gasteiger partial charge in [0, 0.05) is 17.7 Å². The van der Waals surface area contributed by atoms with Crippen LogP contribution in [0.3, 0.4) is 0 Å². The first-order valence-corrected chi connectivity index (χ1v) is 11.9. The predicted octanol–water partition coefficient (Wildman–Crippen LogP) is 4.37. The standard InChI is InChI=1S/C25H29F2N7O/c1-15(2)34-10-11-35-23-21(34)12-20(31-24(23)27)22-18(26)14-29-25(32-22)30-17-4-5-19(28-13-17)16-6-8-33(3)9-7-16/h4-5,12-16H,6-11H2,1-3H3,(H,29,30,32). The summed E-state index contributed by atoms with van der Waals surface area (Å²) in [7, 11) is 2.13. The zero-order chi connectivity index (χ0) is 24.5. The van der Waals surface area contributed by atoms with Crippen molar-refractivity contribution in [1.82, 2.24) is 24.8 Å². The lowest BCUT2D eigenvalue weighted by atomic mass is 9.93. The third kappa shape index (κ3) is 4.88. The summed E-state index contributed by atoms with van der Waals surface area (Å²) in [5, 5.41) is 3.07. The third-order valence-electron chi connectivity index (χ3n) is 6.59. The minimum Gasteiger partial charge on any atom is -0.485 e. The number of halogens is 2. The number of rotatable bonds is 5. The highest BCUT2D eigenvalue weighted by molar-refractivity contribution is 5.69. The number of likely N-dealkylation sites (tertiary alicyclic amines) is 1. The van der Waals surface area contributed by atoms with E-state index < -0.39 is 11.8 Å². The van der Waals surface area contributed by atoms with Crippen molar-refractivity contribution >= 4 is 17.3 Å². The van der Waals surface area contributed by atoms with Crippen LogP contribution in [0.1, 0.15) is 38.3 Å². The van der Waals surface area contributed by atoms with Gasteiger partial charge in [-0.3, -0.25) is 4.98 Å². The molecule has 5 rings (SSSR count).